The third-order valence-electron chi connectivity index (χ3n) is 2.03. The van der Waals surface area contributed by atoms with Gasteiger partial charge in [0.1, 0.15) is 12.1 Å². The lowest BCUT2D eigenvalue weighted by atomic mass is 10.1. The van der Waals surface area contributed by atoms with Crippen LogP contribution in [0.5, 0.6) is 0 Å². The third kappa shape index (κ3) is 8.11. The average Bonchev–Trinajstić information content (AvgIpc) is 2.22. The number of carbonyl (C=O) groups is 3. The van der Waals surface area contributed by atoms with Gasteiger partial charge in [-0.15, -0.1) is 0 Å². The molecule has 19 heavy (non-hydrogen) atoms. The molecule has 0 unspecified atom stereocenters. The number of rotatable bonds is 7. The van der Waals surface area contributed by atoms with Crippen LogP contribution in [0.25, 0.3) is 0 Å². The van der Waals surface area contributed by atoms with Crippen LogP contribution in [-0.4, -0.2) is 52.4 Å². The summed E-state index contributed by atoms with van der Waals surface area (Å²) in [4.78, 5) is 32.8. The monoisotopic (exact) mass is 276 g/mol. The van der Waals surface area contributed by atoms with Crippen molar-refractivity contribution in [1.29, 1.82) is 0 Å². The smallest absolute Gasteiger partial charge is 0.326 e. The van der Waals surface area contributed by atoms with Gasteiger partial charge in [0, 0.05) is 0 Å². The molecule has 0 aliphatic rings. The molecule has 0 bridgehead atoms. The average molecular weight is 276 g/mol. The summed E-state index contributed by atoms with van der Waals surface area (Å²) in [6.45, 7) is 5.25. The van der Waals surface area contributed by atoms with Gasteiger partial charge < -0.3 is 26.0 Å². The predicted molar refractivity (Wildman–Crippen MR) is 65.5 cm³/mol. The van der Waals surface area contributed by atoms with Crippen LogP contribution in [0.1, 0.15) is 27.2 Å². The van der Waals surface area contributed by atoms with Crippen molar-refractivity contribution in [1.82, 2.24) is 5.32 Å². The van der Waals surface area contributed by atoms with Crippen LogP contribution in [0, 0.1) is 0 Å². The van der Waals surface area contributed by atoms with Gasteiger partial charge in [-0.2, -0.15) is 0 Å². The Bertz CT molecular complexity index is 350. The number of nitrogens with one attached hydrogen (secondary N) is 1. The van der Waals surface area contributed by atoms with Crippen molar-refractivity contribution >= 4 is 17.8 Å². The van der Waals surface area contributed by atoms with E-state index in [4.69, 9.17) is 20.7 Å². The van der Waals surface area contributed by atoms with E-state index in [-0.39, 0.29) is 6.61 Å². The van der Waals surface area contributed by atoms with Gasteiger partial charge in [-0.1, -0.05) is 0 Å². The van der Waals surface area contributed by atoms with Gasteiger partial charge >= 0.3 is 11.9 Å². The maximum atomic E-state index is 11.6. The summed E-state index contributed by atoms with van der Waals surface area (Å²) in [7, 11) is 0. The van der Waals surface area contributed by atoms with Gasteiger partial charge in [-0.3, -0.25) is 9.59 Å². The number of ether oxygens (including phenoxy) is 1. The molecule has 0 aromatic rings. The molecule has 0 saturated heterocycles. The largest absolute Gasteiger partial charge is 0.481 e. The Balaban J connectivity index is 4.39. The van der Waals surface area contributed by atoms with Crippen LogP contribution in [0.2, 0.25) is 0 Å². The summed E-state index contributed by atoms with van der Waals surface area (Å²) in [5.41, 5.74) is 5.05. The number of carboxylic acid groups (broad SMARTS) is 2. The van der Waals surface area contributed by atoms with Crippen LogP contribution in [0.4, 0.5) is 0 Å². The molecule has 0 aromatic carbocycles. The zero-order chi connectivity index (χ0) is 15.2. The minimum Gasteiger partial charge on any atom is -0.481 e. The lowest BCUT2D eigenvalue weighted by Gasteiger charge is -2.22. The minimum absolute atomic E-state index is 0.0885. The van der Waals surface area contributed by atoms with E-state index >= 15 is 0 Å². The summed E-state index contributed by atoms with van der Waals surface area (Å²) < 4.78 is 5.29. The Morgan fingerprint density at radius 3 is 2.16 bits per heavy atom. The number of carboxylic acids is 2. The van der Waals surface area contributed by atoms with Crippen LogP contribution < -0.4 is 11.1 Å². The number of nitrogens with two attached hydrogens (primary N) is 1. The second-order valence-corrected chi connectivity index (χ2v) is 5.03. The molecule has 1 amide bonds. The Morgan fingerprint density at radius 1 is 1.26 bits per heavy atom. The van der Waals surface area contributed by atoms with Gasteiger partial charge in [0.25, 0.3) is 0 Å². The van der Waals surface area contributed by atoms with Crippen molar-refractivity contribution in [2.75, 3.05) is 6.61 Å². The number of carbonyl (C=O) groups excluding carboxylic acids is 1. The molecule has 0 saturated carbocycles. The normalized spacial score (nSPS) is 14.5. The molecule has 8 heteroatoms. The Morgan fingerprint density at radius 2 is 1.79 bits per heavy atom. The molecule has 2 atom stereocenters. The highest BCUT2D eigenvalue weighted by atomic mass is 16.5. The van der Waals surface area contributed by atoms with E-state index < -0.39 is 42.0 Å². The molecular formula is C11H20N2O6. The number of hydrogen-bond donors (Lipinski definition) is 4. The highest BCUT2D eigenvalue weighted by Crippen LogP contribution is 2.06. The first-order chi connectivity index (χ1) is 8.53. The van der Waals surface area contributed by atoms with Crippen molar-refractivity contribution < 1.29 is 29.3 Å². The fourth-order valence-corrected chi connectivity index (χ4v) is 1.07. The quantitative estimate of drug-likeness (QED) is 0.476. The number of hydrogen-bond acceptors (Lipinski definition) is 5. The number of aliphatic carboxylic acids is 2. The summed E-state index contributed by atoms with van der Waals surface area (Å²) >= 11 is 0. The first-order valence-corrected chi connectivity index (χ1v) is 5.67. The molecule has 0 aliphatic carbocycles. The fraction of sp³-hybridized carbons (Fsp3) is 0.727. The summed E-state index contributed by atoms with van der Waals surface area (Å²) in [5, 5.41) is 19.3. The topological polar surface area (TPSA) is 139 Å². The summed E-state index contributed by atoms with van der Waals surface area (Å²) in [6.07, 6.45) is -0.714. The molecule has 5 N–H and O–H groups in total. The second kappa shape index (κ2) is 7.05. The Kier molecular flexibility index (Phi) is 6.43. The molecule has 0 heterocycles. The first kappa shape index (κ1) is 17.3. The summed E-state index contributed by atoms with van der Waals surface area (Å²) in [5.74, 6) is -3.52. The second-order valence-electron chi connectivity index (χ2n) is 5.03. The van der Waals surface area contributed by atoms with Crippen molar-refractivity contribution in [2.45, 2.75) is 44.9 Å². The Labute approximate surface area is 110 Å². The maximum Gasteiger partial charge on any atom is 0.326 e. The van der Waals surface area contributed by atoms with E-state index in [2.05, 4.69) is 5.32 Å². The molecule has 8 nitrogen and oxygen atoms in total. The predicted octanol–water partition coefficient (Wildman–Crippen LogP) is -0.827. The zero-order valence-corrected chi connectivity index (χ0v) is 11.2. The third-order valence-corrected chi connectivity index (χ3v) is 2.03. The van der Waals surface area contributed by atoms with Gasteiger partial charge in [0.15, 0.2) is 0 Å². The van der Waals surface area contributed by atoms with Gasteiger partial charge in [0.2, 0.25) is 5.91 Å². The lowest BCUT2D eigenvalue weighted by Crippen LogP contribution is -2.51. The minimum atomic E-state index is -1.51. The Hall–Kier alpha value is -1.67. The molecule has 0 rings (SSSR count). The van der Waals surface area contributed by atoms with E-state index in [0.29, 0.717) is 0 Å². The molecule has 0 aromatic heterocycles. The van der Waals surface area contributed by atoms with E-state index in [9.17, 15) is 14.4 Å². The molecule has 0 fully saturated rings. The molecule has 0 spiro atoms. The standard InChI is InChI=1S/C11H20N2O6/c1-11(2,3)19-5-6(12)9(16)13-7(10(17)18)4-8(14)15/h6-7H,4-5,12H2,1-3H3,(H,13,16)(H,14,15)(H,17,18)/t6-,7-/m0/s1. The fourth-order valence-electron chi connectivity index (χ4n) is 1.07. The summed E-state index contributed by atoms with van der Waals surface area (Å²) in [6, 6.07) is -2.57. The maximum absolute atomic E-state index is 11.6. The van der Waals surface area contributed by atoms with Crippen molar-refractivity contribution in [2.24, 2.45) is 5.73 Å². The molecule has 110 valence electrons. The number of amides is 1. The lowest BCUT2D eigenvalue weighted by molar-refractivity contribution is -0.147. The van der Waals surface area contributed by atoms with Crippen LogP contribution in [0.15, 0.2) is 0 Å². The van der Waals surface area contributed by atoms with Gasteiger partial charge in [-0.05, 0) is 20.8 Å². The molecular weight excluding hydrogens is 256 g/mol. The molecule has 0 radical (unpaired) electrons. The van der Waals surface area contributed by atoms with E-state index in [1.807, 2.05) is 0 Å². The van der Waals surface area contributed by atoms with Crippen molar-refractivity contribution in [3.8, 4) is 0 Å². The zero-order valence-electron chi connectivity index (χ0n) is 11.2. The molecule has 0 aliphatic heterocycles. The van der Waals surface area contributed by atoms with Crippen LogP contribution in [0.3, 0.4) is 0 Å². The van der Waals surface area contributed by atoms with Crippen LogP contribution >= 0.6 is 0 Å². The van der Waals surface area contributed by atoms with Crippen molar-refractivity contribution in [3.63, 3.8) is 0 Å². The van der Waals surface area contributed by atoms with E-state index in [1.165, 1.54) is 0 Å². The highest BCUT2D eigenvalue weighted by molar-refractivity contribution is 5.89. The van der Waals surface area contributed by atoms with E-state index in [0.717, 1.165) is 0 Å². The van der Waals surface area contributed by atoms with Crippen molar-refractivity contribution in [3.05, 3.63) is 0 Å². The van der Waals surface area contributed by atoms with Gasteiger partial charge in [-0.25, -0.2) is 4.79 Å². The SMILES string of the molecule is CC(C)(C)OC[C@H](N)C(=O)N[C@@H](CC(=O)O)C(=O)O. The van der Waals surface area contributed by atoms with E-state index in [1.54, 1.807) is 20.8 Å². The van der Waals surface area contributed by atoms with Gasteiger partial charge in [0.05, 0.1) is 18.6 Å². The highest BCUT2D eigenvalue weighted by Gasteiger charge is 2.26. The van der Waals surface area contributed by atoms with Crippen LogP contribution in [-0.2, 0) is 19.1 Å². The first-order valence-electron chi connectivity index (χ1n) is 5.67.